The number of benzene rings is 1. The lowest BCUT2D eigenvalue weighted by molar-refractivity contribution is -0.111. The van der Waals surface area contributed by atoms with Crippen LogP contribution in [0, 0.1) is 13.8 Å². The maximum Gasteiger partial charge on any atom is 0.248 e. The van der Waals surface area contributed by atoms with Gasteiger partial charge in [0.1, 0.15) is 5.76 Å². The lowest BCUT2D eigenvalue weighted by Gasteiger charge is -2.05. The predicted molar refractivity (Wildman–Crippen MR) is 80.0 cm³/mol. The molecule has 0 saturated heterocycles. The molecule has 0 aliphatic carbocycles. The molecule has 1 amide bonds. The molecule has 0 aliphatic heterocycles. The van der Waals surface area contributed by atoms with E-state index in [1.807, 2.05) is 26.0 Å². The molecule has 0 fully saturated rings. The van der Waals surface area contributed by atoms with E-state index in [9.17, 15) is 4.79 Å². The number of amides is 1. The van der Waals surface area contributed by atoms with Crippen molar-refractivity contribution in [3.05, 3.63) is 58.0 Å². The van der Waals surface area contributed by atoms with Crippen LogP contribution < -0.4 is 5.32 Å². The fourth-order valence-corrected chi connectivity index (χ4v) is 2.13. The molecule has 0 atom stereocenters. The Labute approximate surface area is 120 Å². The van der Waals surface area contributed by atoms with Gasteiger partial charge in [-0.1, -0.05) is 6.07 Å². The number of furan rings is 1. The molecule has 1 N–H and O–H groups in total. The number of rotatable bonds is 3. The van der Waals surface area contributed by atoms with Crippen molar-refractivity contribution in [3.8, 4) is 0 Å². The summed E-state index contributed by atoms with van der Waals surface area (Å²) in [6, 6.07) is 9.49. The molecule has 1 aromatic heterocycles. The number of anilines is 1. The van der Waals surface area contributed by atoms with Crippen molar-refractivity contribution in [1.29, 1.82) is 0 Å². The molecule has 3 nitrogen and oxygen atoms in total. The fraction of sp³-hybridized carbons (Fsp3) is 0.133. The van der Waals surface area contributed by atoms with Gasteiger partial charge in [-0.25, -0.2) is 0 Å². The van der Waals surface area contributed by atoms with Crippen LogP contribution in [0.2, 0.25) is 0 Å². The van der Waals surface area contributed by atoms with Gasteiger partial charge in [0.15, 0.2) is 4.67 Å². The van der Waals surface area contributed by atoms with Gasteiger partial charge in [-0.3, -0.25) is 4.79 Å². The molecule has 4 heteroatoms. The second-order valence-corrected chi connectivity index (χ2v) is 5.12. The summed E-state index contributed by atoms with van der Waals surface area (Å²) in [5.74, 6) is 0.444. The van der Waals surface area contributed by atoms with E-state index < -0.39 is 0 Å². The highest BCUT2D eigenvalue weighted by molar-refractivity contribution is 9.10. The Hall–Kier alpha value is -1.81. The third-order valence-corrected chi connectivity index (χ3v) is 2.91. The first kappa shape index (κ1) is 13.6. The van der Waals surface area contributed by atoms with Gasteiger partial charge >= 0.3 is 0 Å². The summed E-state index contributed by atoms with van der Waals surface area (Å²) in [5, 5.41) is 2.82. The average molecular weight is 320 g/mol. The summed E-state index contributed by atoms with van der Waals surface area (Å²) in [6.45, 7) is 4.00. The summed E-state index contributed by atoms with van der Waals surface area (Å²) in [7, 11) is 0. The van der Waals surface area contributed by atoms with Crippen molar-refractivity contribution >= 4 is 33.6 Å². The highest BCUT2D eigenvalue weighted by atomic mass is 79.9. The van der Waals surface area contributed by atoms with Gasteiger partial charge in [0.2, 0.25) is 5.91 Å². The third-order valence-electron chi connectivity index (χ3n) is 2.48. The summed E-state index contributed by atoms with van der Waals surface area (Å²) in [4.78, 5) is 11.8. The number of carbonyl (C=O) groups excluding carboxylic acids is 1. The molecular formula is C15H14BrNO2. The van der Waals surface area contributed by atoms with E-state index >= 15 is 0 Å². The van der Waals surface area contributed by atoms with Gasteiger partial charge in [0, 0.05) is 11.8 Å². The molecule has 1 heterocycles. The first-order valence-corrected chi connectivity index (χ1v) is 6.65. The second-order valence-electron chi connectivity index (χ2n) is 4.34. The number of hydrogen-bond acceptors (Lipinski definition) is 2. The van der Waals surface area contributed by atoms with Crippen LogP contribution >= 0.6 is 15.9 Å². The van der Waals surface area contributed by atoms with Crippen LogP contribution in [0.4, 0.5) is 5.69 Å². The molecular weight excluding hydrogens is 306 g/mol. The Balaban J connectivity index is 2.03. The SMILES string of the molecule is Cc1cc(C)cc(NC(=O)/C=C/c2ccc(Br)o2)c1. The van der Waals surface area contributed by atoms with E-state index in [2.05, 4.69) is 27.3 Å². The van der Waals surface area contributed by atoms with Crippen molar-refractivity contribution < 1.29 is 9.21 Å². The van der Waals surface area contributed by atoms with Gasteiger partial charge < -0.3 is 9.73 Å². The van der Waals surface area contributed by atoms with E-state index in [0.29, 0.717) is 10.4 Å². The molecule has 0 unspecified atom stereocenters. The summed E-state index contributed by atoms with van der Waals surface area (Å²) < 4.78 is 5.91. The van der Waals surface area contributed by atoms with Crippen LogP contribution in [0.25, 0.3) is 6.08 Å². The van der Waals surface area contributed by atoms with E-state index in [4.69, 9.17) is 4.42 Å². The van der Waals surface area contributed by atoms with Gasteiger partial charge in [-0.05, 0) is 71.2 Å². The van der Waals surface area contributed by atoms with Crippen molar-refractivity contribution in [1.82, 2.24) is 0 Å². The standard InChI is InChI=1S/C15H14BrNO2/c1-10-7-11(2)9-12(8-10)17-15(18)6-4-13-3-5-14(16)19-13/h3-9H,1-2H3,(H,17,18)/b6-4+. The van der Waals surface area contributed by atoms with Crippen molar-refractivity contribution in [3.63, 3.8) is 0 Å². The number of carbonyl (C=O) groups is 1. The monoisotopic (exact) mass is 319 g/mol. The largest absolute Gasteiger partial charge is 0.450 e. The smallest absolute Gasteiger partial charge is 0.248 e. The summed E-state index contributed by atoms with van der Waals surface area (Å²) in [6.07, 6.45) is 3.08. The Bertz CT molecular complexity index is 609. The van der Waals surface area contributed by atoms with Crippen molar-refractivity contribution in [2.45, 2.75) is 13.8 Å². The molecule has 1 aromatic carbocycles. The number of hydrogen-bond donors (Lipinski definition) is 1. The first-order chi connectivity index (χ1) is 9.02. The number of aryl methyl sites for hydroxylation is 2. The molecule has 0 aliphatic rings. The Morgan fingerprint density at radius 3 is 2.47 bits per heavy atom. The zero-order valence-corrected chi connectivity index (χ0v) is 12.3. The molecule has 0 bridgehead atoms. The molecule has 98 valence electrons. The normalized spacial score (nSPS) is 10.9. The van der Waals surface area contributed by atoms with E-state index in [0.717, 1.165) is 16.8 Å². The van der Waals surface area contributed by atoms with E-state index in [1.165, 1.54) is 6.08 Å². The number of halogens is 1. The minimum atomic E-state index is -0.183. The van der Waals surface area contributed by atoms with Crippen LogP contribution in [-0.2, 0) is 4.79 Å². The minimum absolute atomic E-state index is 0.183. The Morgan fingerprint density at radius 1 is 1.21 bits per heavy atom. The number of nitrogens with one attached hydrogen (secondary N) is 1. The molecule has 2 rings (SSSR count). The fourth-order valence-electron chi connectivity index (χ4n) is 1.81. The Morgan fingerprint density at radius 2 is 1.89 bits per heavy atom. The highest BCUT2D eigenvalue weighted by Crippen LogP contribution is 2.16. The van der Waals surface area contributed by atoms with Gasteiger partial charge in [0.25, 0.3) is 0 Å². The van der Waals surface area contributed by atoms with E-state index in [-0.39, 0.29) is 5.91 Å². The quantitative estimate of drug-likeness (QED) is 0.856. The van der Waals surface area contributed by atoms with Crippen LogP contribution in [0.3, 0.4) is 0 Å². The van der Waals surface area contributed by atoms with Gasteiger partial charge in [0.05, 0.1) is 0 Å². The third kappa shape index (κ3) is 4.10. The maximum absolute atomic E-state index is 11.8. The first-order valence-electron chi connectivity index (χ1n) is 5.85. The van der Waals surface area contributed by atoms with Crippen molar-refractivity contribution in [2.75, 3.05) is 5.32 Å². The van der Waals surface area contributed by atoms with Crippen molar-refractivity contribution in [2.24, 2.45) is 0 Å². The highest BCUT2D eigenvalue weighted by Gasteiger charge is 2.00. The summed E-state index contributed by atoms with van der Waals surface area (Å²) >= 11 is 3.21. The lowest BCUT2D eigenvalue weighted by Crippen LogP contribution is -2.07. The topological polar surface area (TPSA) is 42.2 Å². The average Bonchev–Trinajstić information content (AvgIpc) is 2.71. The van der Waals surface area contributed by atoms with Crippen LogP contribution in [0.1, 0.15) is 16.9 Å². The van der Waals surface area contributed by atoms with Crippen LogP contribution in [0.15, 0.2) is 45.5 Å². The van der Waals surface area contributed by atoms with Crippen LogP contribution in [0.5, 0.6) is 0 Å². The van der Waals surface area contributed by atoms with Gasteiger partial charge in [-0.2, -0.15) is 0 Å². The predicted octanol–water partition coefficient (Wildman–Crippen LogP) is 4.31. The summed E-state index contributed by atoms with van der Waals surface area (Å²) in [5.41, 5.74) is 3.04. The zero-order valence-electron chi connectivity index (χ0n) is 10.7. The second kappa shape index (κ2) is 5.89. The van der Waals surface area contributed by atoms with Crippen LogP contribution in [-0.4, -0.2) is 5.91 Å². The molecule has 0 radical (unpaired) electrons. The Kier molecular flexibility index (Phi) is 4.22. The zero-order chi connectivity index (χ0) is 13.8. The minimum Gasteiger partial charge on any atom is -0.450 e. The van der Waals surface area contributed by atoms with Gasteiger partial charge in [-0.15, -0.1) is 0 Å². The molecule has 2 aromatic rings. The maximum atomic E-state index is 11.8. The lowest BCUT2D eigenvalue weighted by atomic mass is 10.1. The molecule has 0 spiro atoms. The molecule has 0 saturated carbocycles. The molecule has 19 heavy (non-hydrogen) atoms. The van der Waals surface area contributed by atoms with E-state index in [1.54, 1.807) is 18.2 Å².